The maximum atomic E-state index is 12.4. The van der Waals surface area contributed by atoms with Crippen molar-refractivity contribution in [2.45, 2.75) is 17.7 Å². The molecule has 0 aliphatic heterocycles. The first kappa shape index (κ1) is 16.1. The Balaban J connectivity index is 1.98. The van der Waals surface area contributed by atoms with Crippen molar-refractivity contribution in [2.75, 3.05) is 39.6 Å². The Morgan fingerprint density at radius 1 is 1.38 bits per heavy atom. The molecule has 0 saturated heterocycles. The quantitative estimate of drug-likeness (QED) is 0.578. The fourth-order valence-electron chi connectivity index (χ4n) is 1.88. The van der Waals surface area contributed by atoms with E-state index >= 15 is 0 Å². The number of nitrogens with zero attached hydrogens (tertiary/aromatic N) is 1. The second-order valence-corrected chi connectivity index (χ2v) is 7.29. The lowest BCUT2D eigenvalue weighted by molar-refractivity contribution is 0.117. The lowest BCUT2D eigenvalue weighted by atomic mass is 10.3. The van der Waals surface area contributed by atoms with Crippen molar-refractivity contribution in [3.8, 4) is 5.75 Å². The summed E-state index contributed by atoms with van der Waals surface area (Å²) in [4.78, 5) is 0.165. The van der Waals surface area contributed by atoms with E-state index in [-0.39, 0.29) is 4.90 Å². The van der Waals surface area contributed by atoms with Crippen LogP contribution in [-0.4, -0.2) is 46.6 Å². The van der Waals surface area contributed by atoms with Gasteiger partial charge in [-0.15, -0.1) is 0 Å². The van der Waals surface area contributed by atoms with Gasteiger partial charge >= 0.3 is 0 Å². The number of sulfonamides is 1. The molecule has 118 valence electrons. The van der Waals surface area contributed by atoms with Gasteiger partial charge in [-0.3, -0.25) is 0 Å². The Morgan fingerprint density at radius 3 is 2.71 bits per heavy atom. The lowest BCUT2D eigenvalue weighted by Gasteiger charge is -2.18. The summed E-state index contributed by atoms with van der Waals surface area (Å²) in [5.74, 6) is 1.03. The van der Waals surface area contributed by atoms with Crippen molar-refractivity contribution in [3.63, 3.8) is 0 Å². The molecule has 1 saturated carbocycles. The molecule has 1 aliphatic carbocycles. The second-order valence-electron chi connectivity index (χ2n) is 5.25. The molecule has 0 heterocycles. The molecule has 2 rings (SSSR count). The highest BCUT2D eigenvalue weighted by Crippen LogP contribution is 2.29. The van der Waals surface area contributed by atoms with Crippen LogP contribution in [0.1, 0.15) is 12.8 Å². The first-order valence-electron chi connectivity index (χ1n) is 6.92. The van der Waals surface area contributed by atoms with Crippen LogP contribution in [-0.2, 0) is 14.8 Å². The van der Waals surface area contributed by atoms with Crippen molar-refractivity contribution in [3.05, 3.63) is 18.2 Å². The van der Waals surface area contributed by atoms with Crippen LogP contribution >= 0.6 is 0 Å². The number of likely N-dealkylation sites (N-methyl/N-ethyl adjacent to an activating group) is 1. The monoisotopic (exact) mass is 314 g/mol. The maximum absolute atomic E-state index is 12.4. The van der Waals surface area contributed by atoms with Gasteiger partial charge in [0.05, 0.1) is 24.3 Å². The molecule has 0 radical (unpaired) electrons. The minimum atomic E-state index is -3.56. The van der Waals surface area contributed by atoms with Gasteiger partial charge in [0.25, 0.3) is 0 Å². The number of benzene rings is 1. The van der Waals surface area contributed by atoms with Gasteiger partial charge in [-0.2, -0.15) is 4.31 Å². The van der Waals surface area contributed by atoms with Crippen LogP contribution in [0.4, 0.5) is 5.69 Å². The van der Waals surface area contributed by atoms with Gasteiger partial charge in [0, 0.05) is 26.3 Å². The smallest absolute Gasteiger partial charge is 0.243 e. The van der Waals surface area contributed by atoms with E-state index in [0.29, 0.717) is 30.5 Å². The van der Waals surface area contributed by atoms with E-state index in [2.05, 4.69) is 0 Å². The second kappa shape index (κ2) is 6.64. The SMILES string of the molecule is COc1cc(S(=O)(=O)N(C)CCOCC2CC2)ccc1N. The van der Waals surface area contributed by atoms with E-state index < -0.39 is 10.0 Å². The van der Waals surface area contributed by atoms with Gasteiger partial charge in [0.2, 0.25) is 10.0 Å². The molecule has 6 nitrogen and oxygen atoms in total. The molecule has 1 fully saturated rings. The molecule has 1 aromatic rings. The molecule has 7 heteroatoms. The van der Waals surface area contributed by atoms with Crippen LogP contribution in [0.2, 0.25) is 0 Å². The van der Waals surface area contributed by atoms with Gasteiger partial charge in [-0.25, -0.2) is 8.42 Å². The summed E-state index contributed by atoms with van der Waals surface area (Å²) in [6.45, 7) is 1.45. The van der Waals surface area contributed by atoms with E-state index in [0.717, 1.165) is 6.61 Å². The third-order valence-electron chi connectivity index (χ3n) is 3.51. The van der Waals surface area contributed by atoms with Crippen LogP contribution in [0.3, 0.4) is 0 Å². The predicted octanol–water partition coefficient (Wildman–Crippen LogP) is 1.32. The number of ether oxygens (including phenoxy) is 2. The van der Waals surface area contributed by atoms with E-state index in [1.165, 1.54) is 42.5 Å². The van der Waals surface area contributed by atoms with E-state index in [4.69, 9.17) is 15.2 Å². The topological polar surface area (TPSA) is 81.9 Å². The van der Waals surface area contributed by atoms with Crippen molar-refractivity contribution in [1.29, 1.82) is 0 Å². The molecular weight excluding hydrogens is 292 g/mol. The van der Waals surface area contributed by atoms with Crippen LogP contribution in [0.25, 0.3) is 0 Å². The molecule has 0 spiro atoms. The van der Waals surface area contributed by atoms with Crippen molar-refractivity contribution < 1.29 is 17.9 Å². The van der Waals surface area contributed by atoms with Gasteiger partial charge < -0.3 is 15.2 Å². The summed E-state index contributed by atoms with van der Waals surface area (Å²) < 4.78 is 36.7. The minimum absolute atomic E-state index is 0.165. The number of methoxy groups -OCH3 is 1. The van der Waals surface area contributed by atoms with E-state index in [1.54, 1.807) is 7.05 Å². The lowest BCUT2D eigenvalue weighted by Crippen LogP contribution is -2.30. The third kappa shape index (κ3) is 4.09. The predicted molar refractivity (Wildman–Crippen MR) is 80.8 cm³/mol. The summed E-state index contributed by atoms with van der Waals surface area (Å²) in [5, 5.41) is 0. The fourth-order valence-corrected chi connectivity index (χ4v) is 3.05. The number of rotatable bonds is 8. The van der Waals surface area contributed by atoms with Crippen molar-refractivity contribution in [2.24, 2.45) is 5.92 Å². The van der Waals surface area contributed by atoms with Crippen LogP contribution in [0, 0.1) is 5.92 Å². The van der Waals surface area contributed by atoms with Gasteiger partial charge in [-0.1, -0.05) is 0 Å². The Morgan fingerprint density at radius 2 is 2.10 bits per heavy atom. The molecule has 2 N–H and O–H groups in total. The number of hydrogen-bond donors (Lipinski definition) is 1. The summed E-state index contributed by atoms with van der Waals surface area (Å²) in [6, 6.07) is 4.45. The summed E-state index contributed by atoms with van der Waals surface area (Å²) in [5.41, 5.74) is 6.11. The first-order valence-corrected chi connectivity index (χ1v) is 8.36. The molecule has 1 aromatic carbocycles. The van der Waals surface area contributed by atoms with E-state index in [1.807, 2.05) is 0 Å². The summed E-state index contributed by atoms with van der Waals surface area (Å²) >= 11 is 0. The highest BCUT2D eigenvalue weighted by atomic mass is 32.2. The van der Waals surface area contributed by atoms with E-state index in [9.17, 15) is 8.42 Å². The third-order valence-corrected chi connectivity index (χ3v) is 5.37. The molecule has 0 bridgehead atoms. The summed E-state index contributed by atoms with van der Waals surface area (Å²) in [7, 11) is -0.559. The molecule has 0 amide bonds. The molecule has 1 aliphatic rings. The zero-order chi connectivity index (χ0) is 15.5. The summed E-state index contributed by atoms with van der Waals surface area (Å²) in [6.07, 6.45) is 2.44. The van der Waals surface area contributed by atoms with Gasteiger partial charge in [0.1, 0.15) is 5.75 Å². The fraction of sp³-hybridized carbons (Fsp3) is 0.571. The molecule has 21 heavy (non-hydrogen) atoms. The van der Waals surface area contributed by atoms with Crippen LogP contribution in [0.15, 0.2) is 23.1 Å². The largest absolute Gasteiger partial charge is 0.495 e. The Hall–Kier alpha value is -1.31. The first-order chi connectivity index (χ1) is 9.95. The number of nitrogens with two attached hydrogens (primary N) is 1. The number of hydrogen-bond acceptors (Lipinski definition) is 5. The Bertz CT molecular complexity index is 585. The molecule has 0 aromatic heterocycles. The van der Waals surface area contributed by atoms with Crippen molar-refractivity contribution in [1.82, 2.24) is 4.31 Å². The zero-order valence-electron chi connectivity index (χ0n) is 12.4. The number of nitrogen functional groups attached to an aromatic ring is 1. The average molecular weight is 314 g/mol. The van der Waals surface area contributed by atoms with Gasteiger partial charge in [0.15, 0.2) is 0 Å². The number of anilines is 1. The zero-order valence-corrected chi connectivity index (χ0v) is 13.2. The molecule has 0 atom stereocenters. The van der Waals surface area contributed by atoms with Crippen molar-refractivity contribution >= 4 is 15.7 Å². The Labute approximate surface area is 125 Å². The minimum Gasteiger partial charge on any atom is -0.495 e. The average Bonchev–Trinajstić information content (AvgIpc) is 3.27. The standard InChI is InChI=1S/C14H22N2O4S/c1-16(7-8-20-10-11-3-4-11)21(17,18)12-5-6-13(15)14(9-12)19-2/h5-6,9,11H,3-4,7-8,10,15H2,1-2H3. The molecular formula is C14H22N2O4S. The van der Waals surface area contributed by atoms with Crippen LogP contribution in [0.5, 0.6) is 5.75 Å². The Kier molecular flexibility index (Phi) is 5.08. The van der Waals surface area contributed by atoms with Crippen LogP contribution < -0.4 is 10.5 Å². The highest BCUT2D eigenvalue weighted by Gasteiger charge is 2.23. The molecule has 0 unspecified atom stereocenters. The normalized spacial score (nSPS) is 15.4. The van der Waals surface area contributed by atoms with Gasteiger partial charge in [-0.05, 0) is 30.9 Å². The highest BCUT2D eigenvalue weighted by molar-refractivity contribution is 7.89. The maximum Gasteiger partial charge on any atom is 0.243 e.